The molecule has 9 nitrogen and oxygen atoms in total. The van der Waals surface area contributed by atoms with Crippen LogP contribution < -0.4 is 5.32 Å². The Labute approximate surface area is 252 Å². The Hall–Kier alpha value is -4.53. The molecular formula is C34H40N6O3. The summed E-state index contributed by atoms with van der Waals surface area (Å²) in [6, 6.07) is 23.2. The summed E-state index contributed by atoms with van der Waals surface area (Å²) in [6.45, 7) is 3.37. The van der Waals surface area contributed by atoms with Crippen molar-refractivity contribution in [3.05, 3.63) is 83.9 Å². The lowest BCUT2D eigenvalue weighted by Gasteiger charge is -2.35. The third kappa shape index (κ3) is 7.46. The zero-order valence-corrected chi connectivity index (χ0v) is 24.8. The van der Waals surface area contributed by atoms with E-state index in [2.05, 4.69) is 32.9 Å². The second-order valence-electron chi connectivity index (χ2n) is 11.5. The first kappa shape index (κ1) is 29.9. The van der Waals surface area contributed by atoms with E-state index >= 15 is 0 Å². The molecule has 0 radical (unpaired) electrons. The average Bonchev–Trinajstić information content (AvgIpc) is 3.75. The van der Waals surface area contributed by atoms with E-state index < -0.39 is 5.41 Å². The molecule has 43 heavy (non-hydrogen) atoms. The van der Waals surface area contributed by atoms with E-state index in [0.717, 1.165) is 66.3 Å². The second-order valence-corrected chi connectivity index (χ2v) is 11.5. The van der Waals surface area contributed by atoms with Crippen LogP contribution in [0.2, 0.25) is 0 Å². The summed E-state index contributed by atoms with van der Waals surface area (Å²) in [5, 5.41) is 27.5. The van der Waals surface area contributed by atoms with Gasteiger partial charge in [-0.2, -0.15) is 5.21 Å². The summed E-state index contributed by atoms with van der Waals surface area (Å²) in [7, 11) is 0. The molecule has 0 aliphatic heterocycles. The standard InChI is InChI=1S/C34H40N6O3/c1-2-3-11-31(42)40(24-34(19-7-8-20-34)33(43)35-21-18-25-12-15-28(41)16-13-25)23-26-14-17-29(27-9-5-4-6-10-27)30(22-26)32-36-38-39-37-32/h4-6,9-10,12-17,22,41H,2-3,7-8,11,18-21,23-24H2,1H3,(H,35,43)(H,36,37,38,39). The van der Waals surface area contributed by atoms with Crippen LogP contribution in [0, 0.1) is 5.41 Å². The minimum absolute atomic E-state index is 0.0176. The molecule has 0 bridgehead atoms. The number of nitrogens with zero attached hydrogens (tertiary/aromatic N) is 4. The average molecular weight is 581 g/mol. The maximum absolute atomic E-state index is 13.7. The van der Waals surface area contributed by atoms with Crippen molar-refractivity contribution >= 4 is 11.8 Å². The zero-order chi connectivity index (χ0) is 30.1. The monoisotopic (exact) mass is 580 g/mol. The van der Waals surface area contributed by atoms with Gasteiger partial charge in [0.15, 0.2) is 0 Å². The van der Waals surface area contributed by atoms with E-state index in [4.69, 9.17) is 0 Å². The summed E-state index contributed by atoms with van der Waals surface area (Å²) in [6.07, 6.45) is 6.32. The van der Waals surface area contributed by atoms with Gasteiger partial charge in [-0.15, -0.1) is 10.2 Å². The molecule has 0 atom stereocenters. The van der Waals surface area contributed by atoms with Gasteiger partial charge < -0.3 is 15.3 Å². The van der Waals surface area contributed by atoms with Crippen LogP contribution in [0.5, 0.6) is 5.75 Å². The number of nitrogens with one attached hydrogen (secondary N) is 2. The SMILES string of the molecule is CCCCC(=O)N(Cc1ccc(-c2ccccc2)c(-c2nn[nH]n2)c1)CC1(C(=O)NCCc2ccc(O)cc2)CCCC1. The highest BCUT2D eigenvalue weighted by atomic mass is 16.3. The zero-order valence-electron chi connectivity index (χ0n) is 24.8. The Kier molecular flexibility index (Phi) is 9.81. The van der Waals surface area contributed by atoms with E-state index in [1.807, 2.05) is 65.6 Å². The molecule has 3 N–H and O–H groups in total. The molecule has 3 aromatic carbocycles. The molecule has 1 saturated carbocycles. The van der Waals surface area contributed by atoms with Gasteiger partial charge in [0, 0.05) is 31.6 Å². The number of phenols is 1. The van der Waals surface area contributed by atoms with Gasteiger partial charge >= 0.3 is 0 Å². The number of aromatic nitrogens is 4. The minimum atomic E-state index is -0.614. The number of unbranched alkanes of at least 4 members (excludes halogenated alkanes) is 1. The highest BCUT2D eigenvalue weighted by Gasteiger charge is 2.43. The first-order valence-electron chi connectivity index (χ1n) is 15.2. The molecule has 2 amide bonds. The lowest BCUT2D eigenvalue weighted by molar-refractivity contribution is -0.138. The number of carbonyl (C=O) groups excluding carboxylic acids is 2. The largest absolute Gasteiger partial charge is 0.508 e. The Morgan fingerprint density at radius 3 is 2.42 bits per heavy atom. The smallest absolute Gasteiger partial charge is 0.228 e. The molecule has 0 saturated heterocycles. The van der Waals surface area contributed by atoms with Crippen molar-refractivity contribution in [3.8, 4) is 28.3 Å². The first-order chi connectivity index (χ1) is 21.0. The Morgan fingerprint density at radius 1 is 0.977 bits per heavy atom. The van der Waals surface area contributed by atoms with Gasteiger partial charge in [-0.05, 0) is 71.3 Å². The second kappa shape index (κ2) is 14.1. The van der Waals surface area contributed by atoms with Crippen LogP contribution in [0.3, 0.4) is 0 Å². The number of phenolic OH excluding ortho intramolecular Hbond substituents is 1. The van der Waals surface area contributed by atoms with E-state index in [1.54, 1.807) is 12.1 Å². The molecule has 1 aliphatic carbocycles. The molecule has 1 fully saturated rings. The fourth-order valence-electron chi connectivity index (χ4n) is 6.00. The quantitative estimate of drug-likeness (QED) is 0.187. The van der Waals surface area contributed by atoms with Crippen molar-refractivity contribution in [2.45, 2.75) is 64.8 Å². The van der Waals surface area contributed by atoms with Crippen LogP contribution in [-0.4, -0.2) is 55.5 Å². The van der Waals surface area contributed by atoms with Crippen molar-refractivity contribution in [1.82, 2.24) is 30.8 Å². The Balaban J connectivity index is 1.37. The van der Waals surface area contributed by atoms with Gasteiger partial charge in [-0.1, -0.05) is 80.8 Å². The summed E-state index contributed by atoms with van der Waals surface area (Å²) in [4.78, 5) is 29.2. The van der Waals surface area contributed by atoms with Gasteiger partial charge in [-0.25, -0.2) is 0 Å². The lowest BCUT2D eigenvalue weighted by atomic mass is 9.84. The van der Waals surface area contributed by atoms with Crippen molar-refractivity contribution in [1.29, 1.82) is 0 Å². The molecule has 4 aromatic rings. The normalized spacial score (nSPS) is 14.0. The number of H-pyrrole nitrogens is 1. The third-order valence-electron chi connectivity index (χ3n) is 8.40. The van der Waals surface area contributed by atoms with Crippen molar-refractivity contribution in [2.24, 2.45) is 5.41 Å². The highest BCUT2D eigenvalue weighted by Crippen LogP contribution is 2.40. The van der Waals surface area contributed by atoms with Crippen molar-refractivity contribution in [3.63, 3.8) is 0 Å². The molecule has 9 heteroatoms. The number of rotatable bonds is 13. The maximum atomic E-state index is 13.7. The Morgan fingerprint density at radius 2 is 1.72 bits per heavy atom. The number of hydrogen-bond acceptors (Lipinski definition) is 6. The van der Waals surface area contributed by atoms with Crippen LogP contribution in [0.4, 0.5) is 0 Å². The van der Waals surface area contributed by atoms with Gasteiger partial charge in [0.05, 0.1) is 5.41 Å². The van der Waals surface area contributed by atoms with Gasteiger partial charge in [0.2, 0.25) is 17.6 Å². The van der Waals surface area contributed by atoms with Crippen molar-refractivity contribution in [2.75, 3.05) is 13.1 Å². The molecule has 224 valence electrons. The predicted molar refractivity (Wildman–Crippen MR) is 166 cm³/mol. The van der Waals surface area contributed by atoms with Crippen LogP contribution in [0.15, 0.2) is 72.8 Å². The van der Waals surface area contributed by atoms with Crippen LogP contribution in [-0.2, 0) is 22.6 Å². The number of aromatic hydroxyl groups is 1. The highest BCUT2D eigenvalue weighted by molar-refractivity contribution is 5.85. The van der Waals surface area contributed by atoms with Crippen LogP contribution in [0.1, 0.15) is 63.0 Å². The van der Waals surface area contributed by atoms with Gasteiger partial charge in [0.1, 0.15) is 5.75 Å². The fourth-order valence-corrected chi connectivity index (χ4v) is 6.00. The topological polar surface area (TPSA) is 124 Å². The number of benzene rings is 3. The summed E-state index contributed by atoms with van der Waals surface area (Å²) >= 11 is 0. The number of aromatic amines is 1. The van der Waals surface area contributed by atoms with Gasteiger partial charge in [0.25, 0.3) is 0 Å². The summed E-state index contributed by atoms with van der Waals surface area (Å²) < 4.78 is 0. The van der Waals surface area contributed by atoms with Gasteiger partial charge in [-0.3, -0.25) is 9.59 Å². The first-order valence-corrected chi connectivity index (χ1v) is 15.2. The summed E-state index contributed by atoms with van der Waals surface area (Å²) in [5.41, 5.74) is 4.24. The third-order valence-corrected chi connectivity index (χ3v) is 8.40. The van der Waals surface area contributed by atoms with Crippen molar-refractivity contribution < 1.29 is 14.7 Å². The van der Waals surface area contributed by atoms with E-state index in [0.29, 0.717) is 38.3 Å². The van der Waals surface area contributed by atoms with E-state index in [-0.39, 0.29) is 17.6 Å². The molecule has 1 heterocycles. The minimum Gasteiger partial charge on any atom is -0.508 e. The molecule has 5 rings (SSSR count). The predicted octanol–water partition coefficient (Wildman–Crippen LogP) is 5.68. The molecule has 0 spiro atoms. The summed E-state index contributed by atoms with van der Waals surface area (Å²) in [5.74, 6) is 0.803. The number of hydrogen-bond donors (Lipinski definition) is 3. The lowest BCUT2D eigenvalue weighted by Crippen LogP contribution is -2.48. The molecule has 0 unspecified atom stereocenters. The molecule has 1 aromatic heterocycles. The fraction of sp³-hybridized carbons (Fsp3) is 0.382. The number of tetrazole rings is 1. The molecule has 1 aliphatic rings. The van der Waals surface area contributed by atoms with Crippen LogP contribution >= 0.6 is 0 Å². The van der Waals surface area contributed by atoms with E-state index in [1.165, 1.54) is 0 Å². The number of amides is 2. The van der Waals surface area contributed by atoms with Crippen LogP contribution in [0.25, 0.3) is 22.5 Å². The maximum Gasteiger partial charge on any atom is 0.228 e. The van der Waals surface area contributed by atoms with E-state index in [9.17, 15) is 14.7 Å². The Bertz CT molecular complexity index is 1480. The number of carbonyl (C=O) groups is 2. The molecular weight excluding hydrogens is 540 g/mol.